The van der Waals surface area contributed by atoms with Gasteiger partial charge in [0.1, 0.15) is 0 Å². The molecular weight excluding hydrogens is 336 g/mol. The lowest BCUT2D eigenvalue weighted by molar-refractivity contribution is 0.469. The van der Waals surface area contributed by atoms with Crippen molar-refractivity contribution in [3.63, 3.8) is 0 Å². The molecule has 0 radical (unpaired) electrons. The van der Waals surface area contributed by atoms with Crippen molar-refractivity contribution in [3.05, 3.63) is 76.9 Å². The van der Waals surface area contributed by atoms with Crippen LogP contribution in [0, 0.1) is 10.8 Å². The van der Waals surface area contributed by atoms with Crippen LogP contribution in [0.2, 0.25) is 0 Å². The summed E-state index contributed by atoms with van der Waals surface area (Å²) in [5.41, 5.74) is 6.98. The molecule has 0 N–H and O–H groups in total. The highest BCUT2D eigenvalue weighted by atomic mass is 14.1. The average molecular weight is 379 g/mol. The molecule has 0 spiro atoms. The molecule has 2 aliphatic carbocycles. The SMILES string of the molecule is C1=Cc2ccccc2C1.CC(C)(C)C.CC(C)(C)C.c1ccc2c(c1)CCC2. The van der Waals surface area contributed by atoms with E-state index >= 15 is 0 Å². The minimum Gasteiger partial charge on any atom is -0.0795 e. The number of rotatable bonds is 0. The third-order valence-electron chi connectivity index (χ3n) is 3.70. The fourth-order valence-electron chi connectivity index (χ4n) is 2.71. The lowest BCUT2D eigenvalue weighted by Gasteiger charge is -2.05. The molecule has 0 unspecified atom stereocenters. The van der Waals surface area contributed by atoms with Crippen LogP contribution in [0.5, 0.6) is 0 Å². The maximum atomic E-state index is 2.24. The molecule has 0 heteroatoms. The highest BCUT2D eigenvalue weighted by Gasteiger charge is 2.07. The molecule has 0 amide bonds. The topological polar surface area (TPSA) is 0 Å². The zero-order chi connectivity index (χ0) is 21.2. The standard InChI is InChI=1S/C9H10.C9H8.2C5H12/c2*1-2-5-9-7-3-6-8(9)4-1;2*1-5(2,3)4/h1-2,4-5H,3,6-7H2;1-6H,7H2;2*1-4H3. The molecule has 2 aliphatic rings. The maximum absolute atomic E-state index is 2.24. The van der Waals surface area contributed by atoms with Crippen molar-refractivity contribution in [1.29, 1.82) is 0 Å². The van der Waals surface area contributed by atoms with Gasteiger partial charge < -0.3 is 0 Å². The van der Waals surface area contributed by atoms with Gasteiger partial charge in [0.05, 0.1) is 0 Å². The maximum Gasteiger partial charge on any atom is -0.00882 e. The molecule has 4 rings (SSSR count). The third kappa shape index (κ3) is 12.5. The first-order chi connectivity index (χ1) is 12.9. The Balaban J connectivity index is 0.000000196. The fourth-order valence-corrected chi connectivity index (χ4v) is 2.71. The Labute approximate surface area is 175 Å². The zero-order valence-corrected chi connectivity index (χ0v) is 19.6. The Morgan fingerprint density at radius 1 is 0.571 bits per heavy atom. The van der Waals surface area contributed by atoms with Crippen molar-refractivity contribution < 1.29 is 0 Å². The summed E-state index contributed by atoms with van der Waals surface area (Å²) in [6.07, 6.45) is 9.46. The summed E-state index contributed by atoms with van der Waals surface area (Å²) in [4.78, 5) is 0. The molecule has 0 nitrogen and oxygen atoms in total. The molecule has 0 saturated heterocycles. The lowest BCUT2D eigenvalue weighted by Crippen LogP contribution is -1.93. The van der Waals surface area contributed by atoms with Crippen molar-refractivity contribution in [3.8, 4) is 0 Å². The number of aryl methyl sites for hydroxylation is 2. The molecule has 28 heavy (non-hydrogen) atoms. The average Bonchev–Trinajstić information content (AvgIpc) is 3.21. The summed E-state index contributed by atoms with van der Waals surface area (Å²) in [5.74, 6) is 0. The van der Waals surface area contributed by atoms with Crippen LogP contribution in [0.1, 0.15) is 84.1 Å². The smallest absolute Gasteiger partial charge is 0.00882 e. The molecule has 0 aliphatic heterocycles. The van der Waals surface area contributed by atoms with Crippen LogP contribution in [-0.2, 0) is 19.3 Å². The predicted molar refractivity (Wildman–Crippen MR) is 128 cm³/mol. The van der Waals surface area contributed by atoms with Gasteiger partial charge in [0, 0.05) is 0 Å². The second kappa shape index (κ2) is 11.2. The van der Waals surface area contributed by atoms with E-state index in [1.54, 1.807) is 11.1 Å². The molecule has 0 fully saturated rings. The number of hydrogen-bond acceptors (Lipinski definition) is 0. The zero-order valence-electron chi connectivity index (χ0n) is 19.6. The van der Waals surface area contributed by atoms with E-state index in [2.05, 4.69) is 116 Å². The number of benzene rings is 2. The predicted octanol–water partition coefficient (Wildman–Crippen LogP) is 8.54. The van der Waals surface area contributed by atoms with Crippen LogP contribution in [-0.4, -0.2) is 0 Å². The van der Waals surface area contributed by atoms with Crippen LogP contribution in [0.4, 0.5) is 0 Å². The minimum atomic E-state index is 0.500. The van der Waals surface area contributed by atoms with Gasteiger partial charge in [-0.25, -0.2) is 0 Å². The number of allylic oxidation sites excluding steroid dienone is 1. The summed E-state index contributed by atoms with van der Waals surface area (Å²) < 4.78 is 0. The molecule has 0 heterocycles. The van der Waals surface area contributed by atoms with E-state index in [9.17, 15) is 0 Å². The highest BCUT2D eigenvalue weighted by Crippen LogP contribution is 2.20. The van der Waals surface area contributed by atoms with E-state index in [1.165, 1.54) is 30.4 Å². The second-order valence-corrected chi connectivity index (χ2v) is 10.9. The molecule has 0 saturated carbocycles. The number of hydrogen-bond donors (Lipinski definition) is 0. The summed E-state index contributed by atoms with van der Waals surface area (Å²) in [6.45, 7) is 17.5. The van der Waals surface area contributed by atoms with Crippen LogP contribution < -0.4 is 0 Å². The van der Waals surface area contributed by atoms with Crippen molar-refractivity contribution in [2.75, 3.05) is 0 Å². The Bertz CT molecular complexity index is 665. The van der Waals surface area contributed by atoms with E-state index in [0.29, 0.717) is 10.8 Å². The van der Waals surface area contributed by atoms with Gasteiger partial charge >= 0.3 is 0 Å². The normalized spacial score (nSPS) is 13.7. The van der Waals surface area contributed by atoms with E-state index in [0.717, 1.165) is 6.42 Å². The fraction of sp³-hybridized carbons (Fsp3) is 0.500. The molecular formula is C28H42. The highest BCUT2D eigenvalue weighted by molar-refractivity contribution is 5.59. The molecule has 2 aromatic carbocycles. The Kier molecular flexibility index (Phi) is 9.73. The van der Waals surface area contributed by atoms with E-state index in [4.69, 9.17) is 0 Å². The van der Waals surface area contributed by atoms with Gasteiger partial charge in [-0.2, -0.15) is 0 Å². The van der Waals surface area contributed by atoms with Crippen molar-refractivity contribution in [2.24, 2.45) is 10.8 Å². The van der Waals surface area contributed by atoms with Crippen molar-refractivity contribution in [2.45, 2.75) is 81.1 Å². The monoisotopic (exact) mass is 378 g/mol. The quantitative estimate of drug-likeness (QED) is 0.431. The van der Waals surface area contributed by atoms with Gasteiger partial charge in [-0.3, -0.25) is 0 Å². The van der Waals surface area contributed by atoms with Crippen molar-refractivity contribution in [1.82, 2.24) is 0 Å². The van der Waals surface area contributed by atoms with Gasteiger partial charge in [0.25, 0.3) is 0 Å². The summed E-state index contributed by atoms with van der Waals surface area (Å²) >= 11 is 0. The van der Waals surface area contributed by atoms with Gasteiger partial charge in [-0.05, 0) is 58.8 Å². The molecule has 0 bridgehead atoms. The van der Waals surface area contributed by atoms with Crippen LogP contribution in [0.15, 0.2) is 54.6 Å². The van der Waals surface area contributed by atoms with Crippen molar-refractivity contribution >= 4 is 6.08 Å². The summed E-state index contributed by atoms with van der Waals surface area (Å²) in [5, 5.41) is 0. The van der Waals surface area contributed by atoms with Crippen LogP contribution in [0.25, 0.3) is 6.08 Å². The third-order valence-corrected chi connectivity index (χ3v) is 3.70. The summed E-state index contributed by atoms with van der Waals surface area (Å²) in [6, 6.07) is 17.2. The van der Waals surface area contributed by atoms with Crippen LogP contribution >= 0.6 is 0 Å². The minimum absolute atomic E-state index is 0.500. The summed E-state index contributed by atoms with van der Waals surface area (Å²) in [7, 11) is 0. The van der Waals surface area contributed by atoms with E-state index in [1.807, 2.05) is 0 Å². The van der Waals surface area contributed by atoms with Gasteiger partial charge in [-0.1, -0.05) is 116 Å². The van der Waals surface area contributed by atoms with Gasteiger partial charge in [0.15, 0.2) is 0 Å². The van der Waals surface area contributed by atoms with E-state index < -0.39 is 0 Å². The largest absolute Gasteiger partial charge is 0.0795 e. The van der Waals surface area contributed by atoms with E-state index in [-0.39, 0.29) is 0 Å². The first kappa shape index (κ1) is 24.2. The van der Waals surface area contributed by atoms with Crippen LogP contribution in [0.3, 0.4) is 0 Å². The second-order valence-electron chi connectivity index (χ2n) is 10.9. The molecule has 0 atom stereocenters. The molecule has 2 aromatic rings. The first-order valence-corrected chi connectivity index (χ1v) is 10.7. The molecule has 0 aromatic heterocycles. The van der Waals surface area contributed by atoms with Gasteiger partial charge in [0.2, 0.25) is 0 Å². The Morgan fingerprint density at radius 3 is 1.39 bits per heavy atom. The number of fused-ring (bicyclic) bond motifs is 2. The Hall–Kier alpha value is -1.82. The van der Waals surface area contributed by atoms with Gasteiger partial charge in [-0.15, -0.1) is 0 Å². The first-order valence-electron chi connectivity index (χ1n) is 10.7. The lowest BCUT2D eigenvalue weighted by atomic mass is 10.0. The Morgan fingerprint density at radius 2 is 0.964 bits per heavy atom. The molecule has 154 valence electrons.